The van der Waals surface area contributed by atoms with Crippen LogP contribution in [0, 0.1) is 0 Å². The molecule has 96 heavy (non-hydrogen) atoms. The van der Waals surface area contributed by atoms with Gasteiger partial charge >= 0.3 is 13.7 Å². The van der Waals surface area contributed by atoms with E-state index in [9.17, 15) is 0 Å². The molecule has 0 radical (unpaired) electrons. The highest BCUT2D eigenvalue weighted by Crippen LogP contribution is 2.52. The third-order valence-corrected chi connectivity index (χ3v) is 22.8. The number of hydrogen-bond acceptors (Lipinski definition) is 0. The van der Waals surface area contributed by atoms with Gasteiger partial charge in [-0.15, -0.1) is 0 Å². The average molecular weight is 1230 g/mol. The number of hydrogen-bond donors (Lipinski definition) is 0. The molecule has 4 aromatic heterocycles. The van der Waals surface area contributed by atoms with Crippen LogP contribution in [0.3, 0.4) is 0 Å². The lowest BCUT2D eigenvalue weighted by molar-refractivity contribution is 0.590. The van der Waals surface area contributed by atoms with Crippen LogP contribution in [0.4, 0.5) is 0 Å². The monoisotopic (exact) mass is 1230 g/mol. The predicted molar refractivity (Wildman–Crippen MR) is 412 cm³/mol. The van der Waals surface area contributed by atoms with E-state index in [1.54, 1.807) is 0 Å². The maximum Gasteiger partial charge on any atom is 0.333 e. The van der Waals surface area contributed by atoms with E-state index in [1.807, 2.05) is 0 Å². The van der Waals surface area contributed by atoms with Crippen LogP contribution >= 0.6 is 0 Å². The summed E-state index contributed by atoms with van der Waals surface area (Å²) < 4.78 is 11.0. The SMILES string of the molecule is CC(C)(C)c1ccc(-c2cc(-c3ccc(C(C)(C)C)cc3)c3c4cccc5c4n(c3c2)-c2cccc3c2B5n2c4c-3cccc4c3c2c2cccc4c2n3B2c3c-4cccc3-n3c4cc(-c5ccc(C(C)(C)C)cc5)cc(-c5ccc(C(C)(C)C)cc5)c4c4cccc2c43)cc1. The highest BCUT2D eigenvalue weighted by atomic mass is 15.1. The summed E-state index contributed by atoms with van der Waals surface area (Å²) in [4.78, 5) is 0. The standard InChI is InChI=1S/C90H74B2N4/c1-87(2,3)57-39-31-51(32-40-57)55-47-69(53-35-43-59(44-36-53)89(7,8)9)77-65-23-15-27-71-83(65)93(75(77)49-55)73-29-17-19-61-63-21-13-25-67-81(63)95(91(71)79(61)73)85-68-26-14-22-64-62-20-18-30-74-80(62)92(96(82(64)68)86(67)85)72-28-16-24-66-78-70(54-37-45-60(46-38-54)90(10,11)12)48-56(50-76(78)94(74)84(66)72)52-33-41-58(42-34-52)88(4,5)6/h13-50H,1-12H3. The van der Waals surface area contributed by atoms with Gasteiger partial charge in [-0.2, -0.15) is 0 Å². The van der Waals surface area contributed by atoms with Crippen LogP contribution < -0.4 is 21.9 Å². The fourth-order valence-corrected chi connectivity index (χ4v) is 18.1. The Morgan fingerprint density at radius 1 is 0.250 bits per heavy atom. The Balaban J connectivity index is 0.856. The van der Waals surface area contributed by atoms with Gasteiger partial charge in [0.1, 0.15) is 0 Å². The van der Waals surface area contributed by atoms with E-state index >= 15 is 0 Å². The van der Waals surface area contributed by atoms with E-state index in [1.165, 1.54) is 199 Å². The van der Waals surface area contributed by atoms with Crippen LogP contribution in [0.15, 0.2) is 231 Å². The molecule has 460 valence electrons. The fourth-order valence-electron chi connectivity index (χ4n) is 18.1. The van der Waals surface area contributed by atoms with E-state index < -0.39 is 0 Å². The highest BCUT2D eigenvalue weighted by molar-refractivity contribution is 6.92. The molecule has 4 nitrogen and oxygen atoms in total. The molecule has 8 heterocycles. The molecule has 0 spiro atoms. The molecule has 0 atom stereocenters. The third-order valence-electron chi connectivity index (χ3n) is 22.8. The molecule has 6 heteroatoms. The molecule has 20 rings (SSSR count). The van der Waals surface area contributed by atoms with Gasteiger partial charge in [-0.1, -0.05) is 277 Å². The van der Waals surface area contributed by atoms with E-state index in [4.69, 9.17) is 0 Å². The lowest BCUT2D eigenvalue weighted by atomic mass is 9.45. The number of aromatic nitrogens is 4. The van der Waals surface area contributed by atoms with Crippen molar-refractivity contribution >= 4 is 112 Å². The number of para-hydroxylation sites is 4. The fraction of sp³-hybridized carbons (Fsp3) is 0.178. The maximum atomic E-state index is 2.82. The topological polar surface area (TPSA) is 19.7 Å². The quantitative estimate of drug-likeness (QED) is 0.157. The first-order valence-electron chi connectivity index (χ1n) is 34.7. The number of benzene rings is 12. The summed E-state index contributed by atoms with van der Waals surface area (Å²) in [6.07, 6.45) is 0. The van der Waals surface area contributed by atoms with Crippen LogP contribution in [0.2, 0.25) is 0 Å². The Labute approximate surface area is 562 Å². The van der Waals surface area contributed by atoms with Gasteiger partial charge in [0.2, 0.25) is 0 Å². The molecule has 0 amide bonds. The van der Waals surface area contributed by atoms with Gasteiger partial charge in [0.05, 0.1) is 33.1 Å². The van der Waals surface area contributed by atoms with E-state index in [0.717, 1.165) is 0 Å². The van der Waals surface area contributed by atoms with Crippen molar-refractivity contribution in [3.63, 3.8) is 0 Å². The molecule has 0 N–H and O–H groups in total. The zero-order chi connectivity index (χ0) is 65.1. The summed E-state index contributed by atoms with van der Waals surface area (Å²) in [5, 5.41) is 7.75. The van der Waals surface area contributed by atoms with Gasteiger partial charge in [-0.25, -0.2) is 0 Å². The lowest BCUT2D eigenvalue weighted by Gasteiger charge is -2.34. The first-order valence-corrected chi connectivity index (χ1v) is 34.7. The van der Waals surface area contributed by atoms with Crippen molar-refractivity contribution in [1.29, 1.82) is 0 Å². The van der Waals surface area contributed by atoms with E-state index in [0.29, 0.717) is 0 Å². The van der Waals surface area contributed by atoms with Crippen LogP contribution in [0.1, 0.15) is 105 Å². The second kappa shape index (κ2) is 18.8. The maximum absolute atomic E-state index is 2.82. The Hall–Kier alpha value is -10.3. The predicted octanol–water partition coefficient (Wildman–Crippen LogP) is 20.7. The molecule has 12 aromatic carbocycles. The average Bonchev–Trinajstić information content (AvgIpc) is 1.47. The zero-order valence-corrected chi connectivity index (χ0v) is 56.9. The summed E-state index contributed by atoms with van der Waals surface area (Å²) in [6, 6.07) is 90.7. The van der Waals surface area contributed by atoms with Crippen molar-refractivity contribution < 1.29 is 0 Å². The van der Waals surface area contributed by atoms with Gasteiger partial charge < -0.3 is 18.1 Å². The Morgan fingerprint density at radius 2 is 0.562 bits per heavy atom. The number of rotatable bonds is 4. The van der Waals surface area contributed by atoms with Crippen LogP contribution in [0.25, 0.3) is 155 Å². The van der Waals surface area contributed by atoms with Crippen molar-refractivity contribution in [2.75, 3.05) is 0 Å². The summed E-state index contributed by atoms with van der Waals surface area (Å²) >= 11 is 0. The first kappa shape index (κ1) is 56.1. The molecular formula is C90H74B2N4. The molecule has 0 saturated carbocycles. The Bertz CT molecular complexity index is 5750. The zero-order valence-electron chi connectivity index (χ0n) is 56.9. The van der Waals surface area contributed by atoms with Gasteiger partial charge in [0.15, 0.2) is 0 Å². The van der Waals surface area contributed by atoms with E-state index in [2.05, 4.69) is 332 Å². The smallest absolute Gasteiger partial charge is 0.333 e. The molecule has 0 saturated heterocycles. The summed E-state index contributed by atoms with van der Waals surface area (Å²) in [5.41, 5.74) is 38.7. The van der Waals surface area contributed by atoms with Gasteiger partial charge in [0, 0.05) is 65.9 Å². The van der Waals surface area contributed by atoms with Gasteiger partial charge in [-0.05, 0) is 158 Å². The summed E-state index contributed by atoms with van der Waals surface area (Å²) in [5.74, 6) is 0. The molecule has 16 aromatic rings. The summed E-state index contributed by atoms with van der Waals surface area (Å²) in [6.45, 7) is 27.5. The Kier molecular flexibility index (Phi) is 11.0. The van der Waals surface area contributed by atoms with Crippen LogP contribution in [0.5, 0.6) is 0 Å². The van der Waals surface area contributed by atoms with Crippen molar-refractivity contribution in [2.45, 2.75) is 105 Å². The molecule has 0 bridgehead atoms. The number of nitrogens with zero attached hydrogens (tertiary/aromatic N) is 4. The van der Waals surface area contributed by atoms with Crippen molar-refractivity contribution in [3.8, 4) is 78.1 Å². The Morgan fingerprint density at radius 3 is 0.917 bits per heavy atom. The largest absolute Gasteiger partial charge is 0.374 e. The van der Waals surface area contributed by atoms with Crippen LogP contribution in [-0.4, -0.2) is 31.8 Å². The number of fused-ring (bicyclic) bond motifs is 19. The highest BCUT2D eigenvalue weighted by Gasteiger charge is 2.47. The van der Waals surface area contributed by atoms with E-state index in [-0.39, 0.29) is 35.4 Å². The van der Waals surface area contributed by atoms with Crippen molar-refractivity contribution in [3.05, 3.63) is 253 Å². The minimum atomic E-state index is -0.112. The van der Waals surface area contributed by atoms with Crippen molar-refractivity contribution in [2.24, 2.45) is 0 Å². The second-order valence-corrected chi connectivity index (χ2v) is 32.4. The third kappa shape index (κ3) is 7.43. The van der Waals surface area contributed by atoms with Gasteiger partial charge in [0.25, 0.3) is 0 Å². The molecule has 0 unspecified atom stereocenters. The van der Waals surface area contributed by atoms with Gasteiger partial charge in [-0.3, -0.25) is 0 Å². The van der Waals surface area contributed by atoms with Crippen molar-refractivity contribution in [1.82, 2.24) is 18.1 Å². The van der Waals surface area contributed by atoms with Crippen LogP contribution in [-0.2, 0) is 21.7 Å². The first-order chi connectivity index (χ1) is 46.2. The summed E-state index contributed by atoms with van der Waals surface area (Å²) in [7, 11) is 0. The minimum Gasteiger partial charge on any atom is -0.374 e. The molecule has 0 fully saturated rings. The molecule has 0 aliphatic carbocycles. The molecule has 4 aliphatic rings. The lowest BCUT2D eigenvalue weighted by Crippen LogP contribution is -2.55. The molecular weight excluding hydrogens is 1160 g/mol. The second-order valence-electron chi connectivity index (χ2n) is 32.4. The minimum absolute atomic E-state index is 0.0318. The normalized spacial score (nSPS) is 13.8. The molecule has 4 aliphatic heterocycles.